The quantitative estimate of drug-likeness (QED) is 0.738. The van der Waals surface area contributed by atoms with E-state index in [1.54, 1.807) is 29.2 Å². The highest BCUT2D eigenvalue weighted by atomic mass is 19.1. The Morgan fingerprint density at radius 3 is 2.45 bits per heavy atom. The van der Waals surface area contributed by atoms with Gasteiger partial charge in [-0.1, -0.05) is 18.2 Å². The van der Waals surface area contributed by atoms with Crippen molar-refractivity contribution in [2.45, 2.75) is 49.7 Å². The molecule has 1 spiro atoms. The third kappa shape index (κ3) is 3.00. The number of amides is 1. The molecule has 150 valence electrons. The second kappa shape index (κ2) is 6.62. The van der Waals surface area contributed by atoms with Crippen LogP contribution < -0.4 is 0 Å². The number of nitrogens with zero attached hydrogens (tertiary/aromatic N) is 1. The van der Waals surface area contributed by atoms with Gasteiger partial charge in [0.2, 0.25) is 0 Å². The Morgan fingerprint density at radius 2 is 1.76 bits per heavy atom. The molecule has 5 rings (SSSR count). The Labute approximate surface area is 166 Å². The first-order valence-corrected chi connectivity index (χ1v) is 9.68. The minimum absolute atomic E-state index is 0.193. The van der Waals surface area contributed by atoms with Gasteiger partial charge < -0.3 is 14.4 Å². The van der Waals surface area contributed by atoms with Gasteiger partial charge in [0.1, 0.15) is 24.0 Å². The molecule has 0 N–H and O–H groups in total. The molecule has 3 fully saturated rings. The molecule has 2 atom stereocenters. The molecular formula is C22H19F2NO4. The number of esters is 1. The Hall–Kier alpha value is -2.80. The Kier molecular flexibility index (Phi) is 4.17. The van der Waals surface area contributed by atoms with Crippen LogP contribution in [0, 0.1) is 11.6 Å². The van der Waals surface area contributed by atoms with Gasteiger partial charge in [-0.05, 0) is 42.7 Å². The van der Waals surface area contributed by atoms with Gasteiger partial charge in [0.05, 0.1) is 11.6 Å². The number of hydrogen-bond donors (Lipinski definition) is 0. The fourth-order valence-electron chi connectivity index (χ4n) is 4.63. The maximum Gasteiger partial charge on any atom is 0.338 e. The van der Waals surface area contributed by atoms with E-state index in [0.29, 0.717) is 36.8 Å². The standard InChI is InChI=1S/C22H19F2NO4/c23-15-8-14(9-16(24)10-15)18-6-7-19-25(18)21(27)22(29-19)11-17(12-22)28-20(26)13-4-2-1-3-5-13/h1-5,8-10,17-19H,6-7,11-12H2/t17?,18-,19+,22?/m0/s1. The van der Waals surface area contributed by atoms with Crippen molar-refractivity contribution < 1.29 is 27.8 Å². The highest BCUT2D eigenvalue weighted by molar-refractivity contribution is 5.91. The SMILES string of the molecule is O=C(OC1CC2(C1)O[C@@H]1CC[C@@H](c3cc(F)cc(F)c3)N1C2=O)c1ccccc1. The molecule has 0 unspecified atom stereocenters. The maximum absolute atomic E-state index is 13.6. The van der Waals surface area contributed by atoms with Crippen molar-refractivity contribution >= 4 is 11.9 Å². The van der Waals surface area contributed by atoms with E-state index in [1.165, 1.54) is 12.1 Å². The number of benzene rings is 2. The highest BCUT2D eigenvalue weighted by Gasteiger charge is 2.63. The van der Waals surface area contributed by atoms with E-state index in [2.05, 4.69) is 0 Å². The van der Waals surface area contributed by atoms with E-state index in [0.717, 1.165) is 6.07 Å². The summed E-state index contributed by atoms with van der Waals surface area (Å²) in [7, 11) is 0. The summed E-state index contributed by atoms with van der Waals surface area (Å²) in [6.45, 7) is 0. The van der Waals surface area contributed by atoms with Crippen LogP contribution in [0.1, 0.15) is 47.6 Å². The van der Waals surface area contributed by atoms with Crippen LogP contribution in [0.2, 0.25) is 0 Å². The molecule has 1 saturated carbocycles. The van der Waals surface area contributed by atoms with Crippen LogP contribution in [0.15, 0.2) is 48.5 Å². The predicted octanol–water partition coefficient (Wildman–Crippen LogP) is 3.74. The molecule has 5 nitrogen and oxygen atoms in total. The highest BCUT2D eigenvalue weighted by Crippen LogP contribution is 2.52. The largest absolute Gasteiger partial charge is 0.459 e. The topological polar surface area (TPSA) is 55.8 Å². The second-order valence-corrected chi connectivity index (χ2v) is 7.88. The van der Waals surface area contributed by atoms with Gasteiger partial charge in [-0.25, -0.2) is 13.6 Å². The van der Waals surface area contributed by atoms with Crippen molar-refractivity contribution in [2.75, 3.05) is 0 Å². The average Bonchev–Trinajstić information content (AvgIpc) is 3.20. The summed E-state index contributed by atoms with van der Waals surface area (Å²) in [6, 6.07) is 11.6. The van der Waals surface area contributed by atoms with Crippen LogP contribution in [0.5, 0.6) is 0 Å². The van der Waals surface area contributed by atoms with Gasteiger partial charge >= 0.3 is 5.97 Å². The van der Waals surface area contributed by atoms with Crippen molar-refractivity contribution in [3.8, 4) is 0 Å². The summed E-state index contributed by atoms with van der Waals surface area (Å²) in [5, 5.41) is 0. The van der Waals surface area contributed by atoms with Gasteiger partial charge in [-0.3, -0.25) is 4.79 Å². The minimum atomic E-state index is -1.00. The molecular weight excluding hydrogens is 380 g/mol. The molecule has 2 saturated heterocycles. The van der Waals surface area contributed by atoms with Crippen LogP contribution in [0.3, 0.4) is 0 Å². The number of carbonyl (C=O) groups excluding carboxylic acids is 2. The van der Waals surface area contributed by atoms with Crippen LogP contribution in [0.4, 0.5) is 8.78 Å². The molecule has 7 heteroatoms. The lowest BCUT2D eigenvalue weighted by atomic mass is 9.76. The second-order valence-electron chi connectivity index (χ2n) is 7.88. The van der Waals surface area contributed by atoms with E-state index < -0.39 is 41.6 Å². The van der Waals surface area contributed by atoms with Crippen molar-refractivity contribution in [3.63, 3.8) is 0 Å². The molecule has 1 amide bonds. The van der Waals surface area contributed by atoms with Crippen LogP contribution >= 0.6 is 0 Å². The van der Waals surface area contributed by atoms with E-state index in [1.807, 2.05) is 6.07 Å². The average molecular weight is 399 g/mol. The number of rotatable bonds is 3. The summed E-state index contributed by atoms with van der Waals surface area (Å²) in [4.78, 5) is 26.9. The molecule has 2 aromatic carbocycles. The van der Waals surface area contributed by atoms with Gasteiger partial charge in [0.25, 0.3) is 5.91 Å². The van der Waals surface area contributed by atoms with E-state index in [4.69, 9.17) is 9.47 Å². The summed E-state index contributed by atoms with van der Waals surface area (Å²) in [6.07, 6.45) is 0.969. The molecule has 3 aliphatic rings. The molecule has 2 aromatic rings. The predicted molar refractivity (Wildman–Crippen MR) is 97.7 cm³/mol. The first kappa shape index (κ1) is 18.2. The molecule has 29 heavy (non-hydrogen) atoms. The van der Waals surface area contributed by atoms with Crippen LogP contribution in [-0.2, 0) is 14.3 Å². The molecule has 0 bridgehead atoms. The lowest BCUT2D eigenvalue weighted by Gasteiger charge is -2.41. The Balaban J connectivity index is 1.28. The minimum Gasteiger partial charge on any atom is -0.459 e. The molecule has 0 aromatic heterocycles. The van der Waals surface area contributed by atoms with Crippen molar-refractivity contribution in [1.82, 2.24) is 4.90 Å². The monoisotopic (exact) mass is 399 g/mol. The fourth-order valence-corrected chi connectivity index (χ4v) is 4.63. The smallest absolute Gasteiger partial charge is 0.338 e. The maximum atomic E-state index is 13.6. The number of carbonyl (C=O) groups is 2. The van der Waals surface area contributed by atoms with Crippen molar-refractivity contribution in [2.24, 2.45) is 0 Å². The van der Waals surface area contributed by atoms with Crippen molar-refractivity contribution in [3.05, 3.63) is 71.3 Å². The third-order valence-corrected chi connectivity index (χ3v) is 5.99. The molecule has 0 radical (unpaired) electrons. The summed E-state index contributed by atoms with van der Waals surface area (Å²) in [5.74, 6) is -1.95. The zero-order valence-electron chi connectivity index (χ0n) is 15.5. The number of fused-ring (bicyclic) bond motifs is 1. The van der Waals surface area contributed by atoms with E-state index in [9.17, 15) is 18.4 Å². The first-order chi connectivity index (χ1) is 13.9. The van der Waals surface area contributed by atoms with E-state index >= 15 is 0 Å². The Bertz CT molecular complexity index is 954. The number of hydrogen-bond acceptors (Lipinski definition) is 4. The normalized spacial score (nSPS) is 30.3. The van der Waals surface area contributed by atoms with Crippen LogP contribution in [-0.4, -0.2) is 34.7 Å². The first-order valence-electron chi connectivity index (χ1n) is 9.68. The lowest BCUT2D eigenvalue weighted by molar-refractivity contribution is -0.166. The van der Waals surface area contributed by atoms with E-state index in [-0.39, 0.29) is 5.91 Å². The fraction of sp³-hybridized carbons (Fsp3) is 0.364. The number of halogens is 2. The third-order valence-electron chi connectivity index (χ3n) is 5.99. The lowest BCUT2D eigenvalue weighted by Crippen LogP contribution is -2.55. The van der Waals surface area contributed by atoms with Gasteiger partial charge in [0.15, 0.2) is 5.60 Å². The molecule has 2 aliphatic heterocycles. The summed E-state index contributed by atoms with van der Waals surface area (Å²) in [5.41, 5.74) is -0.108. The summed E-state index contributed by atoms with van der Waals surface area (Å²) < 4.78 is 38.8. The Morgan fingerprint density at radius 1 is 1.07 bits per heavy atom. The summed E-state index contributed by atoms with van der Waals surface area (Å²) >= 11 is 0. The van der Waals surface area contributed by atoms with Gasteiger partial charge in [0, 0.05) is 18.9 Å². The van der Waals surface area contributed by atoms with Crippen molar-refractivity contribution in [1.29, 1.82) is 0 Å². The number of ether oxygens (including phenoxy) is 2. The molecule has 1 aliphatic carbocycles. The zero-order valence-corrected chi connectivity index (χ0v) is 15.5. The zero-order chi connectivity index (χ0) is 20.2. The van der Waals surface area contributed by atoms with Gasteiger partial charge in [-0.2, -0.15) is 0 Å². The van der Waals surface area contributed by atoms with Crippen LogP contribution in [0.25, 0.3) is 0 Å². The van der Waals surface area contributed by atoms with Gasteiger partial charge in [-0.15, -0.1) is 0 Å². The molecule has 2 heterocycles.